The van der Waals surface area contributed by atoms with Gasteiger partial charge in [0.25, 0.3) is 17.5 Å². The number of nitro benzene ring substituents is 1. The van der Waals surface area contributed by atoms with Gasteiger partial charge >= 0.3 is 0 Å². The van der Waals surface area contributed by atoms with Crippen molar-refractivity contribution >= 4 is 17.5 Å². The van der Waals surface area contributed by atoms with Crippen molar-refractivity contribution in [3.05, 3.63) is 69.8 Å². The lowest BCUT2D eigenvalue weighted by Crippen LogP contribution is -2.41. The molecule has 0 radical (unpaired) electrons. The van der Waals surface area contributed by atoms with E-state index in [4.69, 9.17) is 4.74 Å². The summed E-state index contributed by atoms with van der Waals surface area (Å²) in [4.78, 5) is 34.1. The van der Waals surface area contributed by atoms with Gasteiger partial charge in [0, 0.05) is 23.3 Å². The van der Waals surface area contributed by atoms with E-state index in [9.17, 15) is 19.7 Å². The molecule has 0 aliphatic carbocycles. The summed E-state index contributed by atoms with van der Waals surface area (Å²) < 4.78 is 5.48. The van der Waals surface area contributed by atoms with Crippen molar-refractivity contribution < 1.29 is 19.2 Å². The smallest absolute Gasteiger partial charge is 0.270 e. The highest BCUT2D eigenvalue weighted by Gasteiger charge is 2.13. The Morgan fingerprint density at radius 1 is 1.00 bits per heavy atom. The Kier molecular flexibility index (Phi) is 5.67. The summed E-state index contributed by atoms with van der Waals surface area (Å²) in [7, 11) is 0. The first-order valence-corrected chi connectivity index (χ1v) is 7.48. The van der Waals surface area contributed by atoms with Crippen LogP contribution in [0.5, 0.6) is 5.75 Å². The van der Waals surface area contributed by atoms with Gasteiger partial charge < -0.3 is 4.74 Å². The minimum Gasteiger partial charge on any atom is -0.491 e. The molecule has 0 spiro atoms. The van der Waals surface area contributed by atoms with E-state index in [1.54, 1.807) is 24.3 Å². The minimum absolute atomic E-state index is 0.0221. The Balaban J connectivity index is 1.96. The monoisotopic (exact) mass is 343 g/mol. The fraction of sp³-hybridized carbons (Fsp3) is 0.176. The molecule has 2 N–H and O–H groups in total. The zero-order valence-electron chi connectivity index (χ0n) is 13.7. The summed E-state index contributed by atoms with van der Waals surface area (Å²) in [6, 6.07) is 11.6. The van der Waals surface area contributed by atoms with Gasteiger partial charge in [0.1, 0.15) is 5.75 Å². The van der Waals surface area contributed by atoms with Crippen molar-refractivity contribution in [3.8, 4) is 5.75 Å². The fourth-order valence-corrected chi connectivity index (χ4v) is 1.98. The van der Waals surface area contributed by atoms with Crippen LogP contribution in [0.4, 0.5) is 5.69 Å². The maximum absolute atomic E-state index is 12.0. The summed E-state index contributed by atoms with van der Waals surface area (Å²) in [5.41, 5.74) is 4.66. The zero-order valence-corrected chi connectivity index (χ0v) is 13.7. The lowest BCUT2D eigenvalue weighted by atomic mass is 10.2. The summed E-state index contributed by atoms with van der Waals surface area (Å²) in [6.07, 6.45) is 0.0221. The molecule has 0 bridgehead atoms. The minimum atomic E-state index is -0.656. The Morgan fingerprint density at radius 2 is 1.60 bits per heavy atom. The van der Waals surface area contributed by atoms with Crippen molar-refractivity contribution in [2.45, 2.75) is 20.0 Å². The highest BCUT2D eigenvalue weighted by molar-refractivity contribution is 5.99. The zero-order chi connectivity index (χ0) is 18.4. The van der Waals surface area contributed by atoms with Crippen molar-refractivity contribution in [2.75, 3.05) is 0 Å². The largest absolute Gasteiger partial charge is 0.491 e. The van der Waals surface area contributed by atoms with Crippen LogP contribution in [0.1, 0.15) is 34.6 Å². The van der Waals surface area contributed by atoms with Crippen molar-refractivity contribution in [3.63, 3.8) is 0 Å². The van der Waals surface area contributed by atoms with E-state index in [0.717, 1.165) is 6.07 Å². The summed E-state index contributed by atoms with van der Waals surface area (Å²) in [6.45, 7) is 3.79. The van der Waals surface area contributed by atoms with Gasteiger partial charge in [-0.05, 0) is 44.2 Å². The second kappa shape index (κ2) is 7.91. The number of carbonyl (C=O) groups is 2. The van der Waals surface area contributed by atoms with Crippen molar-refractivity contribution in [1.29, 1.82) is 0 Å². The first-order valence-electron chi connectivity index (χ1n) is 7.48. The van der Waals surface area contributed by atoms with Gasteiger partial charge in [-0.1, -0.05) is 6.07 Å². The number of nitrogens with one attached hydrogen (secondary N) is 2. The summed E-state index contributed by atoms with van der Waals surface area (Å²) >= 11 is 0. The molecule has 0 fully saturated rings. The number of amides is 2. The van der Waals surface area contributed by atoms with Gasteiger partial charge in [-0.25, -0.2) is 0 Å². The van der Waals surface area contributed by atoms with E-state index in [2.05, 4.69) is 10.9 Å². The number of hydrogen-bond donors (Lipinski definition) is 2. The number of hydrazine groups is 1. The molecular weight excluding hydrogens is 326 g/mol. The third-order valence-electron chi connectivity index (χ3n) is 3.10. The Hall–Kier alpha value is -3.42. The molecule has 8 nitrogen and oxygen atoms in total. The molecule has 0 unspecified atom stereocenters. The van der Waals surface area contributed by atoms with Crippen LogP contribution < -0.4 is 15.6 Å². The van der Waals surface area contributed by atoms with Gasteiger partial charge in [0.2, 0.25) is 0 Å². The second-order valence-corrected chi connectivity index (χ2v) is 5.41. The van der Waals surface area contributed by atoms with E-state index in [1.807, 2.05) is 13.8 Å². The second-order valence-electron chi connectivity index (χ2n) is 5.41. The topological polar surface area (TPSA) is 111 Å². The third-order valence-corrected chi connectivity index (χ3v) is 3.10. The number of carbonyl (C=O) groups excluding carboxylic acids is 2. The Bertz CT molecular complexity index is 787. The highest BCUT2D eigenvalue weighted by atomic mass is 16.6. The molecule has 0 saturated heterocycles. The van der Waals surface area contributed by atoms with Crippen molar-refractivity contribution in [2.24, 2.45) is 0 Å². The number of hydrogen-bond acceptors (Lipinski definition) is 5. The number of nitrogens with zero attached hydrogens (tertiary/aromatic N) is 1. The highest BCUT2D eigenvalue weighted by Crippen LogP contribution is 2.14. The van der Waals surface area contributed by atoms with E-state index >= 15 is 0 Å². The van der Waals surface area contributed by atoms with Gasteiger partial charge in [-0.15, -0.1) is 0 Å². The van der Waals surface area contributed by atoms with E-state index < -0.39 is 16.7 Å². The van der Waals surface area contributed by atoms with Gasteiger partial charge in [0.05, 0.1) is 11.0 Å². The van der Waals surface area contributed by atoms with Crippen LogP contribution in [0, 0.1) is 10.1 Å². The summed E-state index contributed by atoms with van der Waals surface area (Å²) in [5, 5.41) is 10.7. The molecule has 0 aromatic heterocycles. The molecule has 2 rings (SSSR count). The van der Waals surface area contributed by atoms with Gasteiger partial charge in [-0.2, -0.15) is 0 Å². The quantitative estimate of drug-likeness (QED) is 0.640. The molecule has 130 valence electrons. The normalized spacial score (nSPS) is 10.2. The van der Waals surface area contributed by atoms with Crippen LogP contribution in [-0.4, -0.2) is 22.8 Å². The number of non-ortho nitro benzene ring substituents is 1. The number of nitro groups is 1. The molecule has 2 aromatic rings. The fourth-order valence-electron chi connectivity index (χ4n) is 1.98. The Labute approximate surface area is 143 Å². The van der Waals surface area contributed by atoms with Crippen LogP contribution >= 0.6 is 0 Å². The summed E-state index contributed by atoms with van der Waals surface area (Å²) in [5.74, 6) is -0.543. The first kappa shape index (κ1) is 17.9. The molecule has 0 heterocycles. The number of rotatable bonds is 5. The van der Waals surface area contributed by atoms with Crippen LogP contribution in [-0.2, 0) is 0 Å². The maximum Gasteiger partial charge on any atom is 0.270 e. The van der Waals surface area contributed by atoms with Crippen molar-refractivity contribution in [1.82, 2.24) is 10.9 Å². The molecular formula is C17H17N3O5. The standard InChI is InChI=1S/C17H17N3O5/c1-11(2)25-15-8-6-12(7-9-15)16(21)18-19-17(22)13-4-3-5-14(10-13)20(23)24/h3-11H,1-2H3,(H,18,21)(H,19,22). The van der Waals surface area contributed by atoms with Crippen LogP contribution in [0.2, 0.25) is 0 Å². The van der Waals surface area contributed by atoms with Crippen LogP contribution in [0.3, 0.4) is 0 Å². The number of benzene rings is 2. The molecule has 2 aromatic carbocycles. The molecule has 0 atom stereocenters. The first-order chi connectivity index (χ1) is 11.9. The lowest BCUT2D eigenvalue weighted by Gasteiger charge is -2.10. The third kappa shape index (κ3) is 5.03. The number of ether oxygens (including phenoxy) is 1. The lowest BCUT2D eigenvalue weighted by molar-refractivity contribution is -0.384. The predicted molar refractivity (Wildman–Crippen MR) is 90.2 cm³/mol. The molecule has 25 heavy (non-hydrogen) atoms. The molecule has 0 aliphatic rings. The van der Waals surface area contributed by atoms with E-state index in [1.165, 1.54) is 18.2 Å². The average molecular weight is 343 g/mol. The predicted octanol–water partition coefficient (Wildman–Crippen LogP) is 2.46. The van der Waals surface area contributed by atoms with Gasteiger partial charge in [0.15, 0.2) is 0 Å². The van der Waals surface area contributed by atoms with Crippen LogP contribution in [0.15, 0.2) is 48.5 Å². The average Bonchev–Trinajstić information content (AvgIpc) is 2.59. The maximum atomic E-state index is 12.0. The SMILES string of the molecule is CC(C)Oc1ccc(C(=O)NNC(=O)c2cccc([N+](=O)[O-])c2)cc1. The molecule has 2 amide bonds. The molecule has 0 saturated carbocycles. The molecule has 0 aliphatic heterocycles. The van der Waals surface area contributed by atoms with Gasteiger partial charge in [-0.3, -0.25) is 30.6 Å². The van der Waals surface area contributed by atoms with E-state index in [-0.39, 0.29) is 17.4 Å². The molecule has 8 heteroatoms. The van der Waals surface area contributed by atoms with E-state index in [0.29, 0.717) is 11.3 Å². The Morgan fingerprint density at radius 3 is 2.16 bits per heavy atom. The van der Waals surface area contributed by atoms with Crippen LogP contribution in [0.25, 0.3) is 0 Å².